The summed E-state index contributed by atoms with van der Waals surface area (Å²) in [7, 11) is 0. The quantitative estimate of drug-likeness (QED) is 0.675. The van der Waals surface area contributed by atoms with Crippen LogP contribution in [0.2, 0.25) is 0 Å². The Morgan fingerprint density at radius 1 is 1.28 bits per heavy atom. The highest BCUT2D eigenvalue weighted by atomic mass is 79.9. The average Bonchev–Trinajstić information content (AvgIpc) is 2.28. The van der Waals surface area contributed by atoms with Crippen LogP contribution < -0.4 is 10.6 Å². The fourth-order valence-corrected chi connectivity index (χ4v) is 1.49. The van der Waals surface area contributed by atoms with Crippen molar-refractivity contribution in [1.82, 2.24) is 5.32 Å². The van der Waals surface area contributed by atoms with E-state index in [0.29, 0.717) is 5.69 Å². The molecule has 0 aliphatic heterocycles. The molecular weight excluding hydrogens is 304 g/mol. The summed E-state index contributed by atoms with van der Waals surface area (Å²) in [6.45, 7) is 1.29. The van der Waals surface area contributed by atoms with Crippen LogP contribution >= 0.6 is 15.9 Å². The number of carbonyl (C=O) groups is 2. The van der Waals surface area contributed by atoms with Gasteiger partial charge in [-0.1, -0.05) is 15.9 Å². The third-order valence-electron chi connectivity index (χ3n) is 2.14. The number of hydrogen-bond acceptors (Lipinski definition) is 3. The van der Waals surface area contributed by atoms with E-state index in [4.69, 9.17) is 5.11 Å². The van der Waals surface area contributed by atoms with Crippen LogP contribution in [0.15, 0.2) is 28.7 Å². The van der Waals surface area contributed by atoms with Crippen LogP contribution in [0.5, 0.6) is 0 Å². The summed E-state index contributed by atoms with van der Waals surface area (Å²) < 4.78 is 0.862. The summed E-state index contributed by atoms with van der Waals surface area (Å²) in [6.07, 6.45) is -1.18. The fraction of sp³-hybridized carbons (Fsp3) is 0.273. The Morgan fingerprint density at radius 2 is 1.83 bits per heavy atom. The number of carbonyl (C=O) groups excluding carboxylic acids is 1. The number of carboxylic acid groups (broad SMARTS) is 1. The average molecular weight is 317 g/mol. The van der Waals surface area contributed by atoms with Crippen molar-refractivity contribution >= 4 is 33.6 Å². The van der Waals surface area contributed by atoms with Crippen LogP contribution in [0.3, 0.4) is 0 Å². The van der Waals surface area contributed by atoms with Crippen molar-refractivity contribution in [3.8, 4) is 0 Å². The number of benzene rings is 1. The number of rotatable bonds is 4. The highest BCUT2D eigenvalue weighted by Crippen LogP contribution is 2.13. The third-order valence-corrected chi connectivity index (χ3v) is 2.67. The van der Waals surface area contributed by atoms with Crippen molar-refractivity contribution in [3.63, 3.8) is 0 Å². The van der Waals surface area contributed by atoms with Crippen molar-refractivity contribution in [2.24, 2.45) is 0 Å². The summed E-state index contributed by atoms with van der Waals surface area (Å²) >= 11 is 3.25. The minimum Gasteiger partial charge on any atom is -0.480 e. The lowest BCUT2D eigenvalue weighted by Crippen LogP contribution is -2.49. The third kappa shape index (κ3) is 4.34. The number of urea groups is 1. The second-order valence-electron chi connectivity index (χ2n) is 3.66. The Morgan fingerprint density at radius 3 is 2.28 bits per heavy atom. The summed E-state index contributed by atoms with van der Waals surface area (Å²) in [5, 5.41) is 22.6. The number of halogens is 1. The first kappa shape index (κ1) is 14.5. The maximum absolute atomic E-state index is 11.5. The van der Waals surface area contributed by atoms with Gasteiger partial charge in [-0.25, -0.2) is 9.59 Å². The zero-order valence-electron chi connectivity index (χ0n) is 9.55. The van der Waals surface area contributed by atoms with Gasteiger partial charge in [0.2, 0.25) is 0 Å². The fourth-order valence-electron chi connectivity index (χ4n) is 1.23. The Bertz CT molecular complexity index is 433. The zero-order chi connectivity index (χ0) is 13.7. The molecule has 0 saturated heterocycles. The Balaban J connectivity index is 2.60. The molecule has 2 unspecified atom stereocenters. The highest BCUT2D eigenvalue weighted by molar-refractivity contribution is 9.10. The van der Waals surface area contributed by atoms with Crippen molar-refractivity contribution < 1.29 is 19.8 Å². The van der Waals surface area contributed by atoms with Gasteiger partial charge in [0.05, 0.1) is 6.10 Å². The first-order valence-corrected chi connectivity index (χ1v) is 5.93. The Kier molecular flexibility index (Phi) is 5.11. The molecular formula is C11H13BrN2O4. The van der Waals surface area contributed by atoms with E-state index in [1.54, 1.807) is 24.3 Å². The predicted octanol–water partition coefficient (Wildman–Crippen LogP) is 1.40. The number of carboxylic acids is 1. The molecule has 1 aromatic rings. The van der Waals surface area contributed by atoms with Gasteiger partial charge >= 0.3 is 12.0 Å². The number of hydrogen-bond donors (Lipinski definition) is 4. The molecule has 18 heavy (non-hydrogen) atoms. The molecule has 4 N–H and O–H groups in total. The van der Waals surface area contributed by atoms with Crippen LogP contribution in [0, 0.1) is 0 Å². The molecule has 0 fully saturated rings. The van der Waals surface area contributed by atoms with E-state index in [2.05, 4.69) is 26.6 Å². The van der Waals surface area contributed by atoms with E-state index in [-0.39, 0.29) is 0 Å². The van der Waals surface area contributed by atoms with E-state index in [1.165, 1.54) is 6.92 Å². The second-order valence-corrected chi connectivity index (χ2v) is 4.58. The maximum Gasteiger partial charge on any atom is 0.328 e. The molecule has 0 aliphatic carbocycles. The van der Waals surface area contributed by atoms with Crippen LogP contribution in [0.4, 0.5) is 10.5 Å². The molecule has 0 spiro atoms. The number of aliphatic hydroxyl groups is 1. The van der Waals surface area contributed by atoms with Gasteiger partial charge in [-0.05, 0) is 31.2 Å². The van der Waals surface area contributed by atoms with E-state index in [1.807, 2.05) is 0 Å². The van der Waals surface area contributed by atoms with Crippen molar-refractivity contribution in [2.45, 2.75) is 19.1 Å². The molecule has 0 aliphatic rings. The lowest BCUT2D eigenvalue weighted by atomic mass is 10.2. The maximum atomic E-state index is 11.5. The van der Waals surface area contributed by atoms with Crippen molar-refractivity contribution in [2.75, 3.05) is 5.32 Å². The number of aliphatic carboxylic acids is 1. The van der Waals surface area contributed by atoms with E-state index in [0.717, 1.165) is 4.47 Å². The van der Waals surface area contributed by atoms with E-state index in [9.17, 15) is 14.7 Å². The van der Waals surface area contributed by atoms with Crippen LogP contribution in [-0.4, -0.2) is 34.4 Å². The molecule has 0 heterocycles. The molecule has 6 nitrogen and oxygen atoms in total. The molecule has 0 radical (unpaired) electrons. The van der Waals surface area contributed by atoms with Gasteiger partial charge in [-0.3, -0.25) is 0 Å². The molecule has 2 atom stereocenters. The van der Waals surface area contributed by atoms with Gasteiger partial charge in [-0.15, -0.1) is 0 Å². The first-order valence-electron chi connectivity index (χ1n) is 5.14. The van der Waals surface area contributed by atoms with Gasteiger partial charge in [-0.2, -0.15) is 0 Å². The molecule has 1 rings (SSSR count). The molecule has 0 aromatic heterocycles. The van der Waals surface area contributed by atoms with Gasteiger partial charge in [0.15, 0.2) is 6.04 Å². The van der Waals surface area contributed by atoms with Gasteiger partial charge in [0.25, 0.3) is 0 Å². The number of nitrogens with one attached hydrogen (secondary N) is 2. The molecule has 2 amide bonds. The SMILES string of the molecule is CC(O)C(NC(=O)Nc1ccc(Br)cc1)C(=O)O. The van der Waals surface area contributed by atoms with Gasteiger partial charge in [0, 0.05) is 10.2 Å². The lowest BCUT2D eigenvalue weighted by molar-refractivity contribution is -0.141. The number of amides is 2. The number of anilines is 1. The smallest absolute Gasteiger partial charge is 0.328 e. The largest absolute Gasteiger partial charge is 0.480 e. The minimum atomic E-state index is -1.35. The van der Waals surface area contributed by atoms with Crippen LogP contribution in [0.1, 0.15) is 6.92 Å². The molecule has 1 aromatic carbocycles. The Labute approximate surface area is 112 Å². The highest BCUT2D eigenvalue weighted by Gasteiger charge is 2.24. The summed E-state index contributed by atoms with van der Waals surface area (Å²) in [5.74, 6) is -1.30. The topological polar surface area (TPSA) is 98.7 Å². The van der Waals surface area contributed by atoms with Crippen LogP contribution in [-0.2, 0) is 4.79 Å². The number of aliphatic hydroxyl groups excluding tert-OH is 1. The lowest BCUT2D eigenvalue weighted by Gasteiger charge is -2.17. The second kappa shape index (κ2) is 6.36. The normalized spacial score (nSPS) is 13.5. The molecule has 0 saturated carbocycles. The molecule has 7 heteroatoms. The standard InChI is InChI=1S/C11H13BrN2O4/c1-6(15)9(10(16)17)14-11(18)13-8-4-2-7(12)3-5-8/h2-6,9,15H,1H3,(H,16,17)(H2,13,14,18). The van der Waals surface area contributed by atoms with Crippen LogP contribution in [0.25, 0.3) is 0 Å². The minimum absolute atomic E-state index is 0.519. The summed E-state index contributed by atoms with van der Waals surface area (Å²) in [4.78, 5) is 22.3. The van der Waals surface area contributed by atoms with E-state index >= 15 is 0 Å². The first-order chi connectivity index (χ1) is 8.40. The summed E-state index contributed by atoms with van der Waals surface area (Å²) in [5.41, 5.74) is 0.519. The summed E-state index contributed by atoms with van der Waals surface area (Å²) in [6, 6.07) is 4.74. The monoisotopic (exact) mass is 316 g/mol. The van der Waals surface area contributed by atoms with Gasteiger partial charge in [0.1, 0.15) is 0 Å². The molecule has 0 bridgehead atoms. The zero-order valence-corrected chi connectivity index (χ0v) is 11.1. The van der Waals surface area contributed by atoms with Crippen molar-refractivity contribution in [1.29, 1.82) is 0 Å². The van der Waals surface area contributed by atoms with Crippen molar-refractivity contribution in [3.05, 3.63) is 28.7 Å². The predicted molar refractivity (Wildman–Crippen MR) is 69.4 cm³/mol. The van der Waals surface area contributed by atoms with E-state index < -0.39 is 24.1 Å². The Hall–Kier alpha value is -1.60. The van der Waals surface area contributed by atoms with Gasteiger partial charge < -0.3 is 20.8 Å². The molecule has 98 valence electrons.